The average Bonchev–Trinajstić information content (AvgIpc) is 3.15. The van der Waals surface area contributed by atoms with Crippen molar-refractivity contribution in [1.29, 1.82) is 0 Å². The summed E-state index contributed by atoms with van der Waals surface area (Å²) in [6, 6.07) is 19.0. The van der Waals surface area contributed by atoms with Crippen LogP contribution in [-0.4, -0.2) is 11.7 Å². The van der Waals surface area contributed by atoms with Crippen molar-refractivity contribution in [1.82, 2.24) is 0 Å². The average molecular weight is 369 g/mol. The van der Waals surface area contributed by atoms with Crippen LogP contribution in [0.25, 0.3) is 0 Å². The molecule has 3 aromatic rings. The van der Waals surface area contributed by atoms with E-state index < -0.39 is 0 Å². The highest BCUT2D eigenvalue weighted by molar-refractivity contribution is 6.16. The van der Waals surface area contributed by atoms with Crippen LogP contribution < -0.4 is 5.32 Å². The molecular formula is C25H23NO2. The second-order valence-electron chi connectivity index (χ2n) is 7.43. The van der Waals surface area contributed by atoms with Crippen LogP contribution in [0.15, 0.2) is 60.7 Å². The summed E-state index contributed by atoms with van der Waals surface area (Å²) in [5.74, 6) is -0.234. The monoisotopic (exact) mass is 369 g/mol. The van der Waals surface area contributed by atoms with Crippen LogP contribution in [0.2, 0.25) is 0 Å². The molecule has 3 nitrogen and oxygen atoms in total. The van der Waals surface area contributed by atoms with Crippen LogP contribution in [0.5, 0.6) is 0 Å². The number of rotatable bonds is 4. The quantitative estimate of drug-likeness (QED) is 0.636. The lowest BCUT2D eigenvalue weighted by Crippen LogP contribution is -2.17. The van der Waals surface area contributed by atoms with E-state index in [1.54, 1.807) is 6.07 Å². The summed E-state index contributed by atoms with van der Waals surface area (Å²) >= 11 is 0. The van der Waals surface area contributed by atoms with Gasteiger partial charge < -0.3 is 5.32 Å². The molecular weight excluding hydrogens is 346 g/mol. The van der Waals surface area contributed by atoms with Crippen LogP contribution in [-0.2, 0) is 12.8 Å². The van der Waals surface area contributed by atoms with Gasteiger partial charge in [0.1, 0.15) is 0 Å². The number of amides is 1. The van der Waals surface area contributed by atoms with Gasteiger partial charge in [0.2, 0.25) is 0 Å². The Labute approximate surface area is 165 Å². The van der Waals surface area contributed by atoms with Gasteiger partial charge >= 0.3 is 0 Å². The topological polar surface area (TPSA) is 46.2 Å². The van der Waals surface area contributed by atoms with Gasteiger partial charge in [0.15, 0.2) is 5.78 Å². The Morgan fingerprint density at radius 3 is 1.96 bits per heavy atom. The smallest absolute Gasteiger partial charge is 0.255 e. The Hall–Kier alpha value is -3.20. The maximum Gasteiger partial charge on any atom is 0.255 e. The van der Waals surface area contributed by atoms with Gasteiger partial charge in [-0.05, 0) is 73.6 Å². The molecule has 0 saturated heterocycles. The number of anilines is 1. The van der Waals surface area contributed by atoms with E-state index in [1.165, 1.54) is 11.1 Å². The molecule has 0 heterocycles. The molecule has 0 saturated carbocycles. The second kappa shape index (κ2) is 7.43. The van der Waals surface area contributed by atoms with Crippen molar-refractivity contribution in [2.75, 3.05) is 5.32 Å². The SMILES string of the molecule is Cc1ccccc1C(=O)Nc1cc2c(cc1C(=O)c1ccccc1C)CCC2. The van der Waals surface area contributed by atoms with E-state index in [0.717, 1.165) is 30.4 Å². The van der Waals surface area contributed by atoms with E-state index in [4.69, 9.17) is 0 Å². The molecule has 140 valence electrons. The molecule has 0 bridgehead atoms. The first-order valence-corrected chi connectivity index (χ1v) is 9.67. The zero-order valence-electron chi connectivity index (χ0n) is 16.2. The van der Waals surface area contributed by atoms with Crippen molar-refractivity contribution in [3.63, 3.8) is 0 Å². The van der Waals surface area contributed by atoms with Gasteiger partial charge in [0.25, 0.3) is 5.91 Å². The van der Waals surface area contributed by atoms with E-state index in [9.17, 15) is 9.59 Å². The van der Waals surface area contributed by atoms with E-state index in [1.807, 2.05) is 68.4 Å². The van der Waals surface area contributed by atoms with E-state index in [2.05, 4.69) is 5.32 Å². The molecule has 0 atom stereocenters. The Balaban J connectivity index is 1.76. The molecule has 3 heteroatoms. The van der Waals surface area contributed by atoms with Crippen molar-refractivity contribution in [3.8, 4) is 0 Å². The highest BCUT2D eigenvalue weighted by Crippen LogP contribution is 2.31. The number of carbonyl (C=O) groups excluding carboxylic acids is 2. The molecule has 0 unspecified atom stereocenters. The normalized spacial score (nSPS) is 12.5. The van der Waals surface area contributed by atoms with Gasteiger partial charge in [0, 0.05) is 16.7 Å². The lowest BCUT2D eigenvalue weighted by atomic mass is 9.94. The third-order valence-electron chi connectivity index (χ3n) is 5.50. The molecule has 4 rings (SSSR count). The molecule has 0 spiro atoms. The minimum Gasteiger partial charge on any atom is -0.321 e. The molecule has 0 aliphatic heterocycles. The third-order valence-corrected chi connectivity index (χ3v) is 5.50. The number of fused-ring (bicyclic) bond motifs is 1. The van der Waals surface area contributed by atoms with Gasteiger partial charge in [0.05, 0.1) is 5.69 Å². The number of ketones is 1. The summed E-state index contributed by atoms with van der Waals surface area (Å²) in [5, 5.41) is 3.01. The zero-order valence-corrected chi connectivity index (χ0v) is 16.2. The molecule has 0 radical (unpaired) electrons. The van der Waals surface area contributed by atoms with Crippen LogP contribution >= 0.6 is 0 Å². The number of benzene rings is 3. The van der Waals surface area contributed by atoms with Crippen molar-refractivity contribution in [2.45, 2.75) is 33.1 Å². The fourth-order valence-corrected chi connectivity index (χ4v) is 3.91. The number of hydrogen-bond acceptors (Lipinski definition) is 2. The Morgan fingerprint density at radius 1 is 0.750 bits per heavy atom. The minimum atomic E-state index is -0.185. The van der Waals surface area contributed by atoms with E-state index in [0.29, 0.717) is 22.4 Å². The standard InChI is InChI=1S/C25H23NO2/c1-16-8-3-5-12-20(16)24(27)22-14-18-10-7-11-19(18)15-23(22)26-25(28)21-13-6-4-9-17(21)2/h3-6,8-9,12-15H,7,10-11H2,1-2H3,(H,26,28). The highest BCUT2D eigenvalue weighted by atomic mass is 16.2. The van der Waals surface area contributed by atoms with Crippen LogP contribution in [0.4, 0.5) is 5.69 Å². The van der Waals surface area contributed by atoms with Crippen LogP contribution in [0.3, 0.4) is 0 Å². The summed E-state index contributed by atoms with van der Waals surface area (Å²) in [5.41, 5.74) is 6.74. The second-order valence-corrected chi connectivity index (χ2v) is 7.43. The van der Waals surface area contributed by atoms with Gasteiger partial charge in [-0.1, -0.05) is 42.5 Å². The number of nitrogens with one attached hydrogen (secondary N) is 1. The summed E-state index contributed by atoms with van der Waals surface area (Å²) in [6.07, 6.45) is 3.05. The van der Waals surface area contributed by atoms with Crippen molar-refractivity contribution < 1.29 is 9.59 Å². The van der Waals surface area contributed by atoms with Crippen molar-refractivity contribution >= 4 is 17.4 Å². The first-order valence-electron chi connectivity index (χ1n) is 9.67. The first kappa shape index (κ1) is 18.2. The summed E-state index contributed by atoms with van der Waals surface area (Å²) in [6.45, 7) is 3.85. The van der Waals surface area contributed by atoms with E-state index >= 15 is 0 Å². The maximum absolute atomic E-state index is 13.3. The predicted octanol–water partition coefficient (Wildman–Crippen LogP) is 5.28. The fraction of sp³-hybridized carbons (Fsp3) is 0.200. The summed E-state index contributed by atoms with van der Waals surface area (Å²) in [7, 11) is 0. The molecule has 1 aliphatic rings. The van der Waals surface area contributed by atoms with Gasteiger partial charge in [-0.2, -0.15) is 0 Å². The largest absolute Gasteiger partial charge is 0.321 e. The first-order chi connectivity index (χ1) is 13.5. The molecule has 1 aliphatic carbocycles. The number of hydrogen-bond donors (Lipinski definition) is 1. The summed E-state index contributed by atoms with van der Waals surface area (Å²) < 4.78 is 0. The molecule has 1 N–H and O–H groups in total. The molecule has 0 aromatic heterocycles. The maximum atomic E-state index is 13.3. The lowest BCUT2D eigenvalue weighted by molar-refractivity contribution is 0.102. The minimum absolute atomic E-state index is 0.0483. The fourth-order valence-electron chi connectivity index (χ4n) is 3.91. The van der Waals surface area contributed by atoms with Gasteiger partial charge in [-0.15, -0.1) is 0 Å². The van der Waals surface area contributed by atoms with Gasteiger partial charge in [-0.3, -0.25) is 9.59 Å². The van der Waals surface area contributed by atoms with Crippen molar-refractivity contribution in [2.24, 2.45) is 0 Å². The van der Waals surface area contributed by atoms with E-state index in [-0.39, 0.29) is 11.7 Å². The number of aryl methyl sites for hydroxylation is 4. The number of carbonyl (C=O) groups is 2. The molecule has 1 amide bonds. The van der Waals surface area contributed by atoms with Crippen molar-refractivity contribution in [3.05, 3.63) is 99.6 Å². The van der Waals surface area contributed by atoms with Gasteiger partial charge in [-0.25, -0.2) is 0 Å². The zero-order chi connectivity index (χ0) is 19.7. The Kier molecular flexibility index (Phi) is 4.82. The highest BCUT2D eigenvalue weighted by Gasteiger charge is 2.22. The molecule has 0 fully saturated rings. The Morgan fingerprint density at radius 2 is 1.32 bits per heavy atom. The van der Waals surface area contributed by atoms with Crippen LogP contribution in [0, 0.1) is 13.8 Å². The van der Waals surface area contributed by atoms with Crippen LogP contribution in [0.1, 0.15) is 55.0 Å². The molecule has 28 heavy (non-hydrogen) atoms. The Bertz CT molecular complexity index is 1080. The third kappa shape index (κ3) is 3.36. The molecule has 3 aromatic carbocycles. The lowest BCUT2D eigenvalue weighted by Gasteiger charge is -2.15. The summed E-state index contributed by atoms with van der Waals surface area (Å²) in [4.78, 5) is 26.2. The predicted molar refractivity (Wildman–Crippen MR) is 112 cm³/mol.